The second kappa shape index (κ2) is 9.90. The summed E-state index contributed by atoms with van der Waals surface area (Å²) in [5, 5.41) is 2.55. The predicted octanol–water partition coefficient (Wildman–Crippen LogP) is 0.627. The molecule has 25 heavy (non-hydrogen) atoms. The molecule has 1 aromatic rings. The van der Waals surface area contributed by atoms with Crippen molar-refractivity contribution < 1.29 is 27.5 Å². The van der Waals surface area contributed by atoms with Crippen LogP contribution in [0.5, 0.6) is 0 Å². The standard InChI is InChI=1S/C16H22N2O6S/c1-3-8-17-15(20)11-24-16(21)7-9-18-25(22,23)14-6-4-5-13(10-14)12(2)19/h4-6,10,18H,3,7-9,11H2,1-2H3,(H,17,20). The number of carbonyl (C=O) groups excluding carboxylic acids is 3. The minimum atomic E-state index is -3.84. The van der Waals surface area contributed by atoms with Crippen molar-refractivity contribution in [2.75, 3.05) is 19.7 Å². The molecular formula is C16H22N2O6S. The summed E-state index contributed by atoms with van der Waals surface area (Å²) < 4.78 is 31.3. The zero-order valence-corrected chi connectivity index (χ0v) is 15.0. The predicted molar refractivity (Wildman–Crippen MR) is 90.5 cm³/mol. The molecule has 0 aromatic heterocycles. The molecule has 0 bridgehead atoms. The molecule has 1 rings (SSSR count). The monoisotopic (exact) mass is 370 g/mol. The number of benzene rings is 1. The smallest absolute Gasteiger partial charge is 0.307 e. The Labute approximate surface area is 147 Å². The number of carbonyl (C=O) groups is 3. The van der Waals surface area contributed by atoms with Crippen LogP contribution in [0, 0.1) is 0 Å². The van der Waals surface area contributed by atoms with Gasteiger partial charge >= 0.3 is 5.97 Å². The Morgan fingerprint density at radius 3 is 2.52 bits per heavy atom. The van der Waals surface area contributed by atoms with E-state index in [-0.39, 0.29) is 29.2 Å². The van der Waals surface area contributed by atoms with Crippen LogP contribution in [0.25, 0.3) is 0 Å². The molecule has 8 nitrogen and oxygen atoms in total. The molecule has 9 heteroatoms. The topological polar surface area (TPSA) is 119 Å². The second-order valence-corrected chi connectivity index (χ2v) is 7.01. The van der Waals surface area contributed by atoms with Crippen LogP contribution < -0.4 is 10.0 Å². The first kappa shape index (κ1) is 20.8. The summed E-state index contributed by atoms with van der Waals surface area (Å²) in [4.78, 5) is 34.0. The Kier molecular flexibility index (Phi) is 8.23. The lowest BCUT2D eigenvalue weighted by molar-refractivity contribution is -0.148. The van der Waals surface area contributed by atoms with Crippen molar-refractivity contribution in [3.63, 3.8) is 0 Å². The highest BCUT2D eigenvalue weighted by atomic mass is 32.2. The first-order valence-corrected chi connectivity index (χ1v) is 9.27. The van der Waals surface area contributed by atoms with E-state index in [0.717, 1.165) is 6.42 Å². The van der Waals surface area contributed by atoms with Gasteiger partial charge in [-0.2, -0.15) is 0 Å². The molecule has 138 valence electrons. The molecule has 0 aliphatic heterocycles. The molecule has 0 atom stereocenters. The Morgan fingerprint density at radius 1 is 1.16 bits per heavy atom. The second-order valence-electron chi connectivity index (χ2n) is 5.24. The highest BCUT2D eigenvalue weighted by Gasteiger charge is 2.16. The first-order valence-electron chi connectivity index (χ1n) is 7.79. The maximum atomic E-state index is 12.1. The number of rotatable bonds is 10. The minimum Gasteiger partial charge on any atom is -0.456 e. The van der Waals surface area contributed by atoms with Gasteiger partial charge in [0.05, 0.1) is 11.3 Å². The summed E-state index contributed by atoms with van der Waals surface area (Å²) in [6.07, 6.45) is 0.555. The van der Waals surface area contributed by atoms with Crippen molar-refractivity contribution >= 4 is 27.7 Å². The van der Waals surface area contributed by atoms with Crippen LogP contribution >= 0.6 is 0 Å². The third kappa shape index (κ3) is 7.44. The fourth-order valence-electron chi connectivity index (χ4n) is 1.79. The Balaban J connectivity index is 2.46. The van der Waals surface area contributed by atoms with Crippen LogP contribution in [0.1, 0.15) is 37.0 Å². The molecule has 0 heterocycles. The highest BCUT2D eigenvalue weighted by Crippen LogP contribution is 2.11. The summed E-state index contributed by atoms with van der Waals surface area (Å²) in [5.74, 6) is -1.34. The molecule has 0 saturated carbocycles. The van der Waals surface area contributed by atoms with Crippen LogP contribution in [-0.4, -0.2) is 45.8 Å². The summed E-state index contributed by atoms with van der Waals surface area (Å²) in [6.45, 7) is 3.15. The Hall–Kier alpha value is -2.26. The molecule has 0 aliphatic rings. The number of esters is 1. The number of hydrogen-bond acceptors (Lipinski definition) is 6. The molecule has 0 fully saturated rings. The number of ketones is 1. The number of sulfonamides is 1. The molecule has 0 unspecified atom stereocenters. The van der Waals surface area contributed by atoms with Crippen LogP contribution in [-0.2, 0) is 24.3 Å². The average molecular weight is 370 g/mol. The van der Waals surface area contributed by atoms with Gasteiger partial charge in [-0.05, 0) is 25.5 Å². The van der Waals surface area contributed by atoms with Gasteiger partial charge in [0.25, 0.3) is 5.91 Å². The summed E-state index contributed by atoms with van der Waals surface area (Å²) >= 11 is 0. The largest absolute Gasteiger partial charge is 0.456 e. The summed E-state index contributed by atoms with van der Waals surface area (Å²) in [6, 6.07) is 5.60. The van der Waals surface area contributed by atoms with Crippen LogP contribution in [0.4, 0.5) is 0 Å². The lowest BCUT2D eigenvalue weighted by Gasteiger charge is -2.08. The van der Waals surface area contributed by atoms with Gasteiger partial charge in [-0.1, -0.05) is 19.1 Å². The molecule has 2 N–H and O–H groups in total. The van der Waals surface area contributed by atoms with Crippen molar-refractivity contribution in [3.8, 4) is 0 Å². The molecule has 1 aromatic carbocycles. The fraction of sp³-hybridized carbons (Fsp3) is 0.438. The van der Waals surface area contributed by atoms with E-state index in [2.05, 4.69) is 10.0 Å². The zero-order chi connectivity index (χ0) is 18.9. The lowest BCUT2D eigenvalue weighted by Crippen LogP contribution is -2.30. The van der Waals surface area contributed by atoms with Crippen LogP contribution in [0.15, 0.2) is 29.2 Å². The Bertz CT molecular complexity index is 730. The van der Waals surface area contributed by atoms with E-state index in [1.165, 1.54) is 31.2 Å². The summed E-state index contributed by atoms with van der Waals surface area (Å²) in [7, 11) is -3.84. The van der Waals surface area contributed by atoms with Crippen molar-refractivity contribution in [2.45, 2.75) is 31.6 Å². The van der Waals surface area contributed by atoms with Crippen molar-refractivity contribution in [3.05, 3.63) is 29.8 Å². The molecule has 0 spiro atoms. The number of Topliss-reactive ketones (excluding diaryl/α,β-unsaturated/α-hetero) is 1. The van der Waals surface area contributed by atoms with Gasteiger partial charge in [0.2, 0.25) is 10.0 Å². The van der Waals surface area contributed by atoms with Gasteiger partial charge in [-0.15, -0.1) is 0 Å². The van der Waals surface area contributed by atoms with Gasteiger partial charge in [0.15, 0.2) is 12.4 Å². The SMILES string of the molecule is CCCNC(=O)COC(=O)CCNS(=O)(=O)c1cccc(C(C)=O)c1. The normalized spacial score (nSPS) is 11.0. The van der Waals surface area contributed by atoms with Crippen LogP contribution in [0.3, 0.4) is 0 Å². The molecule has 0 saturated heterocycles. The van der Waals surface area contributed by atoms with E-state index >= 15 is 0 Å². The van der Waals surface area contributed by atoms with Gasteiger partial charge in [-0.25, -0.2) is 13.1 Å². The Morgan fingerprint density at radius 2 is 1.88 bits per heavy atom. The van der Waals surface area contributed by atoms with E-state index in [1.54, 1.807) is 0 Å². The van der Waals surface area contributed by atoms with E-state index in [0.29, 0.717) is 6.54 Å². The third-order valence-electron chi connectivity index (χ3n) is 3.11. The van der Waals surface area contributed by atoms with Gasteiger partial charge in [-0.3, -0.25) is 14.4 Å². The average Bonchev–Trinajstić information content (AvgIpc) is 2.58. The highest BCUT2D eigenvalue weighted by molar-refractivity contribution is 7.89. The van der Waals surface area contributed by atoms with E-state index in [1.807, 2.05) is 6.92 Å². The molecule has 0 radical (unpaired) electrons. The summed E-state index contributed by atoms with van der Waals surface area (Å²) in [5.41, 5.74) is 0.278. The maximum absolute atomic E-state index is 12.1. The van der Waals surface area contributed by atoms with E-state index < -0.39 is 28.5 Å². The number of ether oxygens (including phenoxy) is 1. The minimum absolute atomic E-state index is 0.0625. The molecular weight excluding hydrogens is 348 g/mol. The number of nitrogens with one attached hydrogen (secondary N) is 2. The van der Waals surface area contributed by atoms with Crippen molar-refractivity contribution in [1.29, 1.82) is 0 Å². The number of amides is 1. The quantitative estimate of drug-likeness (QED) is 0.460. The van der Waals surface area contributed by atoms with E-state index in [4.69, 9.17) is 4.74 Å². The van der Waals surface area contributed by atoms with E-state index in [9.17, 15) is 22.8 Å². The van der Waals surface area contributed by atoms with Gasteiger partial charge in [0, 0.05) is 18.7 Å². The molecule has 0 aliphatic carbocycles. The van der Waals surface area contributed by atoms with Crippen molar-refractivity contribution in [2.24, 2.45) is 0 Å². The number of hydrogen-bond donors (Lipinski definition) is 2. The molecule has 1 amide bonds. The first-order chi connectivity index (χ1) is 11.8. The van der Waals surface area contributed by atoms with Crippen molar-refractivity contribution in [1.82, 2.24) is 10.0 Å². The van der Waals surface area contributed by atoms with Gasteiger partial charge < -0.3 is 10.1 Å². The van der Waals surface area contributed by atoms with Gasteiger partial charge in [0.1, 0.15) is 0 Å². The third-order valence-corrected chi connectivity index (χ3v) is 4.57. The fourth-order valence-corrected chi connectivity index (χ4v) is 2.86. The van der Waals surface area contributed by atoms with Crippen LogP contribution in [0.2, 0.25) is 0 Å². The zero-order valence-electron chi connectivity index (χ0n) is 14.2. The lowest BCUT2D eigenvalue weighted by atomic mass is 10.2. The maximum Gasteiger partial charge on any atom is 0.307 e.